The van der Waals surface area contributed by atoms with Crippen LogP contribution in [0.3, 0.4) is 0 Å². The lowest BCUT2D eigenvalue weighted by atomic mass is 10.1. The number of amides is 1. The molecular weight excluding hydrogens is 393 g/mol. The molecule has 1 amide bonds. The number of nitrogens with zero attached hydrogens (tertiary/aromatic N) is 2. The van der Waals surface area contributed by atoms with Gasteiger partial charge in [-0.15, -0.1) is 0 Å². The third-order valence-corrected chi connectivity index (χ3v) is 5.26. The van der Waals surface area contributed by atoms with Crippen molar-refractivity contribution in [3.05, 3.63) is 99.5 Å². The SMILES string of the molecule is C[C@@H]1Cc2ccccc2N1C(=O)c1ccc(=O)n(Cc2cccc(C(F)(F)F)c2)c1. The van der Waals surface area contributed by atoms with Crippen LogP contribution in [0.2, 0.25) is 0 Å². The summed E-state index contributed by atoms with van der Waals surface area (Å²) in [4.78, 5) is 27.2. The zero-order valence-corrected chi connectivity index (χ0v) is 16.2. The van der Waals surface area contributed by atoms with Gasteiger partial charge in [0.15, 0.2) is 0 Å². The number of aromatic nitrogens is 1. The van der Waals surface area contributed by atoms with Gasteiger partial charge in [0, 0.05) is 24.0 Å². The summed E-state index contributed by atoms with van der Waals surface area (Å²) in [6.07, 6.45) is -2.30. The summed E-state index contributed by atoms with van der Waals surface area (Å²) in [6, 6.07) is 15.2. The van der Waals surface area contributed by atoms with Gasteiger partial charge in [-0.2, -0.15) is 13.2 Å². The van der Waals surface area contributed by atoms with Gasteiger partial charge in [-0.3, -0.25) is 9.59 Å². The number of anilines is 1. The second kappa shape index (κ2) is 7.48. The van der Waals surface area contributed by atoms with Crippen molar-refractivity contribution in [3.63, 3.8) is 0 Å². The van der Waals surface area contributed by atoms with Crippen LogP contribution < -0.4 is 10.5 Å². The molecule has 1 aliphatic rings. The molecule has 0 spiro atoms. The Morgan fingerprint density at radius 2 is 1.83 bits per heavy atom. The number of carbonyl (C=O) groups excluding carboxylic acids is 1. The summed E-state index contributed by atoms with van der Waals surface area (Å²) in [5.41, 5.74) is 1.39. The molecule has 0 saturated heterocycles. The van der Waals surface area contributed by atoms with E-state index in [4.69, 9.17) is 0 Å². The highest BCUT2D eigenvalue weighted by molar-refractivity contribution is 6.07. The molecule has 2 heterocycles. The number of hydrogen-bond donors (Lipinski definition) is 0. The van der Waals surface area contributed by atoms with E-state index in [2.05, 4.69) is 0 Å². The average molecular weight is 412 g/mol. The average Bonchev–Trinajstić information content (AvgIpc) is 3.04. The minimum absolute atomic E-state index is 0.0289. The highest BCUT2D eigenvalue weighted by Gasteiger charge is 2.32. The quantitative estimate of drug-likeness (QED) is 0.635. The van der Waals surface area contributed by atoms with E-state index in [1.807, 2.05) is 31.2 Å². The topological polar surface area (TPSA) is 42.3 Å². The zero-order chi connectivity index (χ0) is 21.5. The van der Waals surface area contributed by atoms with Crippen molar-refractivity contribution in [2.75, 3.05) is 4.90 Å². The molecule has 4 rings (SSSR count). The van der Waals surface area contributed by atoms with Crippen LogP contribution in [0.25, 0.3) is 0 Å². The van der Waals surface area contributed by atoms with Crippen LogP contribution in [0.4, 0.5) is 18.9 Å². The highest BCUT2D eigenvalue weighted by atomic mass is 19.4. The fourth-order valence-electron chi connectivity index (χ4n) is 3.84. The number of alkyl halides is 3. The Morgan fingerprint density at radius 1 is 1.07 bits per heavy atom. The Kier molecular flexibility index (Phi) is 4.97. The van der Waals surface area contributed by atoms with Crippen LogP contribution in [0.1, 0.15) is 34.0 Å². The first-order chi connectivity index (χ1) is 14.2. The highest BCUT2D eigenvalue weighted by Crippen LogP contribution is 2.33. The monoisotopic (exact) mass is 412 g/mol. The van der Waals surface area contributed by atoms with Crippen molar-refractivity contribution in [2.24, 2.45) is 0 Å². The Bertz CT molecular complexity index is 1170. The van der Waals surface area contributed by atoms with Crippen LogP contribution in [-0.2, 0) is 19.1 Å². The maximum Gasteiger partial charge on any atom is 0.416 e. The first kappa shape index (κ1) is 19.9. The minimum Gasteiger partial charge on any atom is -0.310 e. The smallest absolute Gasteiger partial charge is 0.310 e. The predicted octanol–water partition coefficient (Wildman–Crippen LogP) is 4.51. The molecule has 0 bridgehead atoms. The summed E-state index contributed by atoms with van der Waals surface area (Å²) >= 11 is 0. The number of hydrogen-bond acceptors (Lipinski definition) is 2. The van der Waals surface area contributed by atoms with Crippen molar-refractivity contribution in [3.8, 4) is 0 Å². The van der Waals surface area contributed by atoms with Crippen molar-refractivity contribution < 1.29 is 18.0 Å². The second-order valence-electron chi connectivity index (χ2n) is 7.44. The van der Waals surface area contributed by atoms with E-state index in [0.29, 0.717) is 11.1 Å². The fraction of sp³-hybridized carbons (Fsp3) is 0.217. The Labute approximate surface area is 171 Å². The zero-order valence-electron chi connectivity index (χ0n) is 16.2. The van der Waals surface area contributed by atoms with Gasteiger partial charge in [0.25, 0.3) is 11.5 Å². The number of benzene rings is 2. The van der Waals surface area contributed by atoms with Gasteiger partial charge in [0.1, 0.15) is 0 Å². The number of carbonyl (C=O) groups is 1. The molecule has 0 fully saturated rings. The normalized spacial score (nSPS) is 15.9. The first-order valence-corrected chi connectivity index (χ1v) is 9.52. The summed E-state index contributed by atoms with van der Waals surface area (Å²) in [5, 5.41) is 0. The van der Waals surface area contributed by atoms with E-state index in [1.165, 1.54) is 35.0 Å². The molecule has 0 aliphatic carbocycles. The summed E-state index contributed by atoms with van der Waals surface area (Å²) in [7, 11) is 0. The lowest BCUT2D eigenvalue weighted by molar-refractivity contribution is -0.137. The van der Waals surface area contributed by atoms with Crippen molar-refractivity contribution in [1.82, 2.24) is 4.57 Å². The number of rotatable bonds is 3. The Balaban J connectivity index is 1.65. The molecule has 0 unspecified atom stereocenters. The van der Waals surface area contributed by atoms with Crippen LogP contribution >= 0.6 is 0 Å². The van der Waals surface area contributed by atoms with Gasteiger partial charge in [0.05, 0.1) is 17.7 Å². The third kappa shape index (κ3) is 3.75. The predicted molar refractivity (Wildman–Crippen MR) is 108 cm³/mol. The summed E-state index contributed by atoms with van der Waals surface area (Å²) in [5.74, 6) is -0.245. The van der Waals surface area contributed by atoms with Crippen molar-refractivity contribution in [2.45, 2.75) is 32.1 Å². The van der Waals surface area contributed by atoms with Gasteiger partial charge in [-0.25, -0.2) is 0 Å². The minimum atomic E-state index is -4.46. The molecule has 7 heteroatoms. The Morgan fingerprint density at radius 3 is 2.60 bits per heavy atom. The van der Waals surface area contributed by atoms with E-state index in [-0.39, 0.29) is 24.1 Å². The van der Waals surface area contributed by atoms with Gasteiger partial charge in [0.2, 0.25) is 0 Å². The largest absolute Gasteiger partial charge is 0.416 e. The molecule has 1 atom stereocenters. The molecule has 1 aromatic heterocycles. The van der Waals surface area contributed by atoms with Crippen molar-refractivity contribution in [1.29, 1.82) is 0 Å². The lowest BCUT2D eigenvalue weighted by Crippen LogP contribution is -2.36. The van der Waals surface area contributed by atoms with E-state index in [9.17, 15) is 22.8 Å². The molecule has 1 aliphatic heterocycles. The van der Waals surface area contributed by atoms with Gasteiger partial charge in [-0.05, 0) is 48.7 Å². The fourth-order valence-corrected chi connectivity index (χ4v) is 3.84. The van der Waals surface area contributed by atoms with Crippen LogP contribution in [0, 0.1) is 0 Å². The number of halogens is 3. The molecule has 0 saturated carbocycles. The maximum absolute atomic E-state index is 13.2. The van der Waals surface area contributed by atoms with E-state index in [1.54, 1.807) is 4.90 Å². The van der Waals surface area contributed by atoms with E-state index >= 15 is 0 Å². The standard InChI is InChI=1S/C23H19F3N2O2/c1-15-11-17-6-2-3-8-20(17)28(15)22(30)18-9-10-21(29)27(14-18)13-16-5-4-7-19(12-16)23(24,25)26/h2-10,12,14-15H,11,13H2,1H3/t15-/m1/s1. The third-order valence-electron chi connectivity index (χ3n) is 5.26. The van der Waals surface area contributed by atoms with Crippen molar-refractivity contribution >= 4 is 11.6 Å². The molecule has 4 nitrogen and oxygen atoms in total. The molecule has 30 heavy (non-hydrogen) atoms. The van der Waals surface area contributed by atoms with Gasteiger partial charge < -0.3 is 9.47 Å². The van der Waals surface area contributed by atoms with E-state index < -0.39 is 11.7 Å². The molecule has 0 radical (unpaired) electrons. The second-order valence-corrected chi connectivity index (χ2v) is 7.44. The molecule has 154 valence electrons. The summed E-state index contributed by atoms with van der Waals surface area (Å²) < 4.78 is 40.2. The summed E-state index contributed by atoms with van der Waals surface area (Å²) in [6.45, 7) is 1.90. The number of para-hydroxylation sites is 1. The molecule has 2 aromatic carbocycles. The molecule has 0 N–H and O–H groups in total. The number of fused-ring (bicyclic) bond motifs is 1. The number of pyridine rings is 1. The van der Waals surface area contributed by atoms with Crippen LogP contribution in [0.15, 0.2) is 71.7 Å². The van der Waals surface area contributed by atoms with Crippen LogP contribution in [0.5, 0.6) is 0 Å². The van der Waals surface area contributed by atoms with Gasteiger partial charge >= 0.3 is 6.18 Å². The maximum atomic E-state index is 13.2. The van der Waals surface area contributed by atoms with E-state index in [0.717, 1.165) is 29.8 Å². The Hall–Kier alpha value is -3.35. The molecular formula is C23H19F3N2O2. The first-order valence-electron chi connectivity index (χ1n) is 9.52. The molecule has 3 aromatic rings. The van der Waals surface area contributed by atoms with Gasteiger partial charge in [-0.1, -0.05) is 30.3 Å². The lowest BCUT2D eigenvalue weighted by Gasteiger charge is -2.23. The van der Waals surface area contributed by atoms with Crippen LogP contribution in [-0.4, -0.2) is 16.5 Å².